The molecule has 0 spiro atoms. The molecule has 2 heterocycles. The quantitative estimate of drug-likeness (QED) is 0.480. The summed E-state index contributed by atoms with van der Waals surface area (Å²) in [4.78, 5) is 19.5. The number of nitrogens with one attached hydrogen (secondary N) is 3. The number of aromatic nitrogens is 1. The van der Waals surface area contributed by atoms with Crippen LogP contribution in [0.25, 0.3) is 15.7 Å². The zero-order valence-corrected chi connectivity index (χ0v) is 17.3. The van der Waals surface area contributed by atoms with E-state index in [2.05, 4.69) is 22.2 Å². The van der Waals surface area contributed by atoms with Crippen molar-refractivity contribution in [1.29, 1.82) is 5.41 Å². The summed E-state index contributed by atoms with van der Waals surface area (Å²) in [5, 5.41) is 16.1. The van der Waals surface area contributed by atoms with Crippen molar-refractivity contribution in [1.82, 2.24) is 15.2 Å². The van der Waals surface area contributed by atoms with Crippen LogP contribution in [0.2, 0.25) is 0 Å². The number of anilines is 1. The molecule has 0 bridgehead atoms. The smallest absolute Gasteiger partial charge is 0.323 e. The molecular weight excluding hydrogens is 389 g/mol. The average molecular weight is 416 g/mol. The lowest BCUT2D eigenvalue weighted by molar-refractivity contribution is 0.188. The van der Waals surface area contributed by atoms with Crippen molar-refractivity contribution in [3.8, 4) is 0 Å². The van der Waals surface area contributed by atoms with Gasteiger partial charge in [0, 0.05) is 42.2 Å². The summed E-state index contributed by atoms with van der Waals surface area (Å²) in [7, 11) is 0. The van der Waals surface area contributed by atoms with Crippen LogP contribution in [0, 0.1) is 5.41 Å². The number of nitrogens with zero attached hydrogens (tertiary/aromatic N) is 2. The fourth-order valence-corrected chi connectivity index (χ4v) is 3.97. The number of carbonyl (C=O) groups excluding carboxylic acids is 1. The molecule has 6 nitrogen and oxygen atoms in total. The first-order chi connectivity index (χ1) is 14.0. The first-order valence-electron chi connectivity index (χ1n) is 9.63. The fraction of sp³-hybridized carbons (Fsp3) is 0.381. The van der Waals surface area contributed by atoms with E-state index in [1.807, 2.05) is 24.3 Å². The molecule has 0 atom stereocenters. The second-order valence-corrected chi connectivity index (χ2v) is 8.36. The Kier molecular flexibility index (Phi) is 7.22. The normalized spacial score (nSPS) is 14.8. The summed E-state index contributed by atoms with van der Waals surface area (Å²) < 4.78 is 12.3. The Bertz CT molecular complexity index is 911. The fourth-order valence-electron chi connectivity index (χ4n) is 3.36. The summed E-state index contributed by atoms with van der Waals surface area (Å²) in [5.74, 6) is 0.499. The molecule has 29 heavy (non-hydrogen) atoms. The maximum atomic E-state index is 12.6. The highest BCUT2D eigenvalue weighted by atomic mass is 32.2. The van der Waals surface area contributed by atoms with Gasteiger partial charge in [-0.2, -0.15) is 0 Å². The number of hydrogen-bond acceptors (Lipinski definition) is 5. The molecule has 8 heteroatoms. The molecule has 2 amide bonds. The van der Waals surface area contributed by atoms with Gasteiger partial charge in [0.15, 0.2) is 0 Å². The molecule has 1 aliphatic heterocycles. The van der Waals surface area contributed by atoms with E-state index in [1.54, 1.807) is 18.0 Å². The van der Waals surface area contributed by atoms with Gasteiger partial charge in [-0.3, -0.25) is 10.7 Å². The summed E-state index contributed by atoms with van der Waals surface area (Å²) in [6.07, 6.45) is 3.36. The van der Waals surface area contributed by atoms with Crippen molar-refractivity contribution >= 4 is 44.3 Å². The number of benzene rings is 1. The minimum absolute atomic E-state index is 0.170. The average Bonchev–Trinajstić information content (AvgIpc) is 2.71. The van der Waals surface area contributed by atoms with Gasteiger partial charge in [-0.1, -0.05) is 30.5 Å². The largest absolute Gasteiger partial charge is 0.324 e. The van der Waals surface area contributed by atoms with Gasteiger partial charge in [-0.15, -0.1) is 0 Å². The summed E-state index contributed by atoms with van der Waals surface area (Å²) >= 11 is 1.33. The zero-order valence-electron chi connectivity index (χ0n) is 16.5. The molecule has 1 aromatic carbocycles. The Hall–Kier alpha value is -2.45. The van der Waals surface area contributed by atoms with E-state index in [0.29, 0.717) is 30.5 Å². The maximum Gasteiger partial charge on any atom is 0.323 e. The van der Waals surface area contributed by atoms with Gasteiger partial charge < -0.3 is 10.2 Å². The number of likely N-dealkylation sites (tertiary alicyclic amines) is 1. The van der Waals surface area contributed by atoms with Crippen LogP contribution in [0.4, 0.5) is 15.0 Å². The van der Waals surface area contributed by atoms with Crippen LogP contribution in [0.1, 0.15) is 25.3 Å². The van der Waals surface area contributed by atoms with Gasteiger partial charge in [0.1, 0.15) is 12.5 Å². The van der Waals surface area contributed by atoms with E-state index in [9.17, 15) is 9.18 Å². The van der Waals surface area contributed by atoms with E-state index >= 15 is 0 Å². The van der Waals surface area contributed by atoms with Crippen molar-refractivity contribution in [2.45, 2.75) is 25.8 Å². The Balaban J connectivity index is 1.64. The molecule has 0 unspecified atom stereocenters. The van der Waals surface area contributed by atoms with Crippen molar-refractivity contribution < 1.29 is 9.18 Å². The first-order valence-corrected chi connectivity index (χ1v) is 10.5. The molecule has 154 valence electrons. The lowest BCUT2D eigenvalue weighted by Crippen LogP contribution is -2.46. The number of urea groups is 1. The number of fused-ring (bicyclic) bond motifs is 1. The van der Waals surface area contributed by atoms with Gasteiger partial charge in [-0.25, -0.2) is 14.2 Å². The summed E-state index contributed by atoms with van der Waals surface area (Å²) in [6.45, 7) is 7.02. The van der Waals surface area contributed by atoms with Gasteiger partial charge >= 0.3 is 6.03 Å². The lowest BCUT2D eigenvalue weighted by Gasteiger charge is -2.32. The van der Waals surface area contributed by atoms with Crippen molar-refractivity contribution in [2.75, 3.05) is 31.6 Å². The monoisotopic (exact) mass is 415 g/mol. The van der Waals surface area contributed by atoms with E-state index in [0.717, 1.165) is 34.1 Å². The number of carbonyl (C=O) groups is 1. The number of rotatable bonds is 6. The zero-order chi connectivity index (χ0) is 20.8. The molecule has 2 aromatic rings. The number of amides is 2. The molecule has 1 fully saturated rings. The van der Waals surface area contributed by atoms with Crippen molar-refractivity contribution in [3.05, 3.63) is 42.6 Å². The predicted molar refractivity (Wildman–Crippen MR) is 119 cm³/mol. The molecule has 0 aliphatic carbocycles. The molecular formula is C21H26FN5OS. The minimum Gasteiger partial charge on any atom is -0.324 e. The number of pyridine rings is 1. The molecule has 3 rings (SSSR count). The van der Waals surface area contributed by atoms with Crippen LogP contribution < -0.4 is 10.6 Å². The molecule has 0 radical (unpaired) electrons. The van der Waals surface area contributed by atoms with Gasteiger partial charge in [0.25, 0.3) is 0 Å². The van der Waals surface area contributed by atoms with Crippen molar-refractivity contribution in [2.24, 2.45) is 0 Å². The molecule has 0 saturated carbocycles. The predicted octanol–water partition coefficient (Wildman–Crippen LogP) is 4.49. The van der Waals surface area contributed by atoms with E-state index in [4.69, 9.17) is 5.41 Å². The third-order valence-electron chi connectivity index (χ3n) is 4.86. The van der Waals surface area contributed by atoms with E-state index < -0.39 is 0 Å². The SMILES string of the molecule is C=C(SC(C)=N)c1ccc2cnc(NC(=O)N3CCC(NCCF)CC3)cc2c1. The minimum atomic E-state index is -0.372. The van der Waals surface area contributed by atoms with E-state index in [1.165, 1.54) is 11.8 Å². The maximum absolute atomic E-state index is 12.6. The second kappa shape index (κ2) is 9.84. The third-order valence-corrected chi connectivity index (χ3v) is 5.65. The number of alkyl halides is 1. The van der Waals surface area contributed by atoms with Crippen molar-refractivity contribution in [3.63, 3.8) is 0 Å². The van der Waals surface area contributed by atoms with E-state index in [-0.39, 0.29) is 18.7 Å². The van der Waals surface area contributed by atoms with Crippen LogP contribution >= 0.6 is 11.8 Å². The molecule has 3 N–H and O–H groups in total. The van der Waals surface area contributed by atoms with Gasteiger partial charge in [0.05, 0.1) is 5.04 Å². The third kappa shape index (κ3) is 5.77. The van der Waals surface area contributed by atoms with Crippen LogP contribution in [-0.4, -0.2) is 53.3 Å². The second-order valence-electron chi connectivity index (χ2n) is 7.05. The number of thioether (sulfide) groups is 1. The topological polar surface area (TPSA) is 81.1 Å². The Labute approximate surface area is 174 Å². The highest BCUT2D eigenvalue weighted by Crippen LogP contribution is 2.29. The lowest BCUT2D eigenvalue weighted by atomic mass is 10.1. The Morgan fingerprint density at radius 3 is 2.79 bits per heavy atom. The van der Waals surface area contributed by atoms with Crippen LogP contribution in [0.3, 0.4) is 0 Å². The van der Waals surface area contributed by atoms with Gasteiger partial charge in [0.2, 0.25) is 0 Å². The number of halogens is 1. The van der Waals surface area contributed by atoms with Crippen LogP contribution in [0.5, 0.6) is 0 Å². The summed E-state index contributed by atoms with van der Waals surface area (Å²) in [6, 6.07) is 7.86. The molecule has 1 aliphatic rings. The Morgan fingerprint density at radius 2 is 2.10 bits per heavy atom. The summed E-state index contributed by atoms with van der Waals surface area (Å²) in [5.41, 5.74) is 0.945. The Morgan fingerprint density at radius 1 is 1.34 bits per heavy atom. The molecule has 1 aromatic heterocycles. The van der Waals surface area contributed by atoms with Crippen LogP contribution in [0.15, 0.2) is 37.0 Å². The molecule has 1 saturated heterocycles. The van der Waals surface area contributed by atoms with Gasteiger partial charge in [-0.05, 0) is 42.8 Å². The standard InChI is InChI=1S/C21H26FN5OS/c1-14(29-15(2)23)16-3-4-17-13-25-20(12-18(17)11-16)26-21(28)27-9-5-19(6-10-27)24-8-7-22/h3-4,11-13,19,23-24H,1,5-10H2,2H3,(H,25,26,28). The number of hydrogen-bond donors (Lipinski definition) is 3. The van der Waals surface area contributed by atoms with Crippen LogP contribution in [-0.2, 0) is 0 Å². The highest BCUT2D eigenvalue weighted by molar-refractivity contribution is 8.21. The number of piperidine rings is 1. The first kappa shape index (κ1) is 21.3. The highest BCUT2D eigenvalue weighted by Gasteiger charge is 2.22.